The van der Waals surface area contributed by atoms with Gasteiger partial charge in [0.25, 0.3) is 0 Å². The van der Waals surface area contributed by atoms with E-state index in [0.29, 0.717) is 0 Å². The van der Waals surface area contributed by atoms with E-state index < -0.39 is 0 Å². The maximum atomic E-state index is 4.13. The normalized spacial score (nSPS) is 18.2. The zero-order valence-electron chi connectivity index (χ0n) is 6.51. The minimum atomic E-state index is 0.750. The number of hydrogen-bond donors (Lipinski definition) is 2. The Kier molecular flexibility index (Phi) is 1.90. The number of hydrogen-bond acceptors (Lipinski definition) is 2. The molecular weight excluding hydrogens is 138 g/mol. The molecule has 0 amide bonds. The lowest BCUT2D eigenvalue weighted by atomic mass is 9.93. The molecule has 0 radical (unpaired) electrons. The Hall–Kier alpha value is -0.830. The average Bonchev–Trinajstić information content (AvgIpc) is 2.36. The monoisotopic (exact) mass is 151 g/mol. The van der Waals surface area contributed by atoms with Crippen molar-refractivity contribution in [1.29, 1.82) is 0 Å². The van der Waals surface area contributed by atoms with Crippen LogP contribution in [0.1, 0.15) is 25.1 Å². The average molecular weight is 151 g/mol. The van der Waals surface area contributed by atoms with Crippen molar-refractivity contribution in [3.05, 3.63) is 18.2 Å². The van der Waals surface area contributed by atoms with Gasteiger partial charge in [0.2, 0.25) is 0 Å². The van der Waals surface area contributed by atoms with Gasteiger partial charge in [-0.15, -0.1) is 0 Å². The lowest BCUT2D eigenvalue weighted by Gasteiger charge is -2.25. The Morgan fingerprint density at radius 1 is 1.64 bits per heavy atom. The smallest absolute Gasteiger partial charge is 0.120 e. The Morgan fingerprint density at radius 2 is 2.55 bits per heavy atom. The SMILES string of the molecule is c1c[nH]c(CNC2CCC2)n1. The van der Waals surface area contributed by atoms with Crippen molar-refractivity contribution < 1.29 is 0 Å². The maximum absolute atomic E-state index is 4.13. The summed E-state index contributed by atoms with van der Waals surface area (Å²) in [7, 11) is 0. The van der Waals surface area contributed by atoms with Crippen LogP contribution in [-0.2, 0) is 6.54 Å². The van der Waals surface area contributed by atoms with Crippen LogP contribution in [0, 0.1) is 0 Å². The van der Waals surface area contributed by atoms with E-state index in [4.69, 9.17) is 0 Å². The number of imidazole rings is 1. The zero-order chi connectivity index (χ0) is 7.52. The first-order valence-electron chi connectivity index (χ1n) is 4.17. The predicted octanol–water partition coefficient (Wildman–Crippen LogP) is 1.05. The molecule has 0 spiro atoms. The Balaban J connectivity index is 1.74. The van der Waals surface area contributed by atoms with Crippen LogP contribution >= 0.6 is 0 Å². The highest BCUT2D eigenvalue weighted by atomic mass is 15.0. The van der Waals surface area contributed by atoms with Crippen molar-refractivity contribution in [3.8, 4) is 0 Å². The summed E-state index contributed by atoms with van der Waals surface area (Å²) in [6.07, 6.45) is 7.70. The predicted molar refractivity (Wildman–Crippen MR) is 43.1 cm³/mol. The largest absolute Gasteiger partial charge is 0.348 e. The van der Waals surface area contributed by atoms with Crippen LogP contribution in [0.3, 0.4) is 0 Å². The molecule has 2 rings (SSSR count). The van der Waals surface area contributed by atoms with Crippen molar-refractivity contribution in [2.24, 2.45) is 0 Å². The summed E-state index contributed by atoms with van der Waals surface area (Å²) in [6.45, 7) is 0.887. The Morgan fingerprint density at radius 3 is 3.09 bits per heavy atom. The molecule has 2 N–H and O–H groups in total. The fourth-order valence-electron chi connectivity index (χ4n) is 1.25. The molecule has 60 valence electrons. The van der Waals surface area contributed by atoms with Crippen molar-refractivity contribution in [2.45, 2.75) is 31.8 Å². The molecule has 0 saturated heterocycles. The van der Waals surface area contributed by atoms with Gasteiger partial charge in [-0.1, -0.05) is 6.42 Å². The van der Waals surface area contributed by atoms with Gasteiger partial charge in [-0.3, -0.25) is 0 Å². The van der Waals surface area contributed by atoms with Gasteiger partial charge < -0.3 is 10.3 Å². The second kappa shape index (κ2) is 3.05. The lowest BCUT2D eigenvalue weighted by molar-refractivity contribution is 0.335. The molecule has 0 aliphatic heterocycles. The second-order valence-corrected chi connectivity index (χ2v) is 3.04. The van der Waals surface area contributed by atoms with Crippen LogP contribution in [0.25, 0.3) is 0 Å². The van der Waals surface area contributed by atoms with Crippen molar-refractivity contribution in [2.75, 3.05) is 0 Å². The molecule has 1 aliphatic carbocycles. The third kappa shape index (κ3) is 1.60. The molecule has 0 bridgehead atoms. The Labute approximate surface area is 66.2 Å². The minimum absolute atomic E-state index is 0.750. The molecule has 1 fully saturated rings. The standard InChI is InChI=1S/C8H13N3/c1-2-7(3-1)11-6-8-9-4-5-10-8/h4-5,7,11H,1-3,6H2,(H,9,10). The third-order valence-electron chi connectivity index (χ3n) is 2.22. The van der Waals surface area contributed by atoms with E-state index in [-0.39, 0.29) is 0 Å². The fraction of sp³-hybridized carbons (Fsp3) is 0.625. The number of aromatic amines is 1. The first-order valence-corrected chi connectivity index (χ1v) is 4.17. The summed E-state index contributed by atoms with van der Waals surface area (Å²) in [5.74, 6) is 1.04. The van der Waals surface area contributed by atoms with E-state index in [2.05, 4.69) is 15.3 Å². The van der Waals surface area contributed by atoms with Gasteiger partial charge in [0.05, 0.1) is 6.54 Å². The summed E-state index contributed by atoms with van der Waals surface area (Å²) in [5, 5.41) is 3.43. The molecule has 1 aromatic rings. The molecule has 0 aromatic carbocycles. The number of nitrogens with one attached hydrogen (secondary N) is 2. The number of nitrogens with zero attached hydrogens (tertiary/aromatic N) is 1. The molecule has 1 saturated carbocycles. The molecule has 1 aromatic heterocycles. The summed E-state index contributed by atoms with van der Waals surface area (Å²) >= 11 is 0. The highest BCUT2D eigenvalue weighted by Gasteiger charge is 2.16. The number of H-pyrrole nitrogens is 1. The molecule has 11 heavy (non-hydrogen) atoms. The van der Waals surface area contributed by atoms with E-state index in [0.717, 1.165) is 18.4 Å². The van der Waals surface area contributed by atoms with Gasteiger partial charge in [-0.25, -0.2) is 4.98 Å². The van der Waals surface area contributed by atoms with E-state index >= 15 is 0 Å². The quantitative estimate of drug-likeness (QED) is 0.678. The second-order valence-electron chi connectivity index (χ2n) is 3.04. The molecule has 1 heterocycles. The molecule has 0 atom stereocenters. The van der Waals surface area contributed by atoms with E-state index in [1.54, 1.807) is 6.20 Å². The zero-order valence-corrected chi connectivity index (χ0v) is 6.51. The van der Waals surface area contributed by atoms with Crippen LogP contribution in [0.2, 0.25) is 0 Å². The van der Waals surface area contributed by atoms with Crippen molar-refractivity contribution >= 4 is 0 Å². The summed E-state index contributed by atoms with van der Waals surface area (Å²) < 4.78 is 0. The van der Waals surface area contributed by atoms with E-state index in [1.807, 2.05) is 6.20 Å². The summed E-state index contributed by atoms with van der Waals surface area (Å²) in [4.78, 5) is 7.20. The highest BCUT2D eigenvalue weighted by molar-refractivity contribution is 4.88. The Bertz CT molecular complexity index is 201. The van der Waals surface area contributed by atoms with Crippen LogP contribution in [-0.4, -0.2) is 16.0 Å². The van der Waals surface area contributed by atoms with Gasteiger partial charge in [0, 0.05) is 18.4 Å². The lowest BCUT2D eigenvalue weighted by Crippen LogP contribution is -2.34. The van der Waals surface area contributed by atoms with Gasteiger partial charge >= 0.3 is 0 Å². The molecule has 3 nitrogen and oxygen atoms in total. The first kappa shape index (κ1) is 6.85. The molecular formula is C8H13N3. The van der Waals surface area contributed by atoms with Gasteiger partial charge in [0.15, 0.2) is 0 Å². The van der Waals surface area contributed by atoms with E-state index in [1.165, 1.54) is 19.3 Å². The van der Waals surface area contributed by atoms with Crippen molar-refractivity contribution in [1.82, 2.24) is 15.3 Å². The van der Waals surface area contributed by atoms with Crippen LogP contribution in [0.4, 0.5) is 0 Å². The van der Waals surface area contributed by atoms with Gasteiger partial charge in [-0.05, 0) is 12.8 Å². The summed E-state index contributed by atoms with van der Waals surface area (Å²) in [5.41, 5.74) is 0. The molecule has 3 heteroatoms. The molecule has 1 aliphatic rings. The van der Waals surface area contributed by atoms with E-state index in [9.17, 15) is 0 Å². The summed E-state index contributed by atoms with van der Waals surface area (Å²) in [6, 6.07) is 0.750. The molecule has 0 unspecified atom stereocenters. The fourth-order valence-corrected chi connectivity index (χ4v) is 1.25. The third-order valence-corrected chi connectivity index (χ3v) is 2.22. The topological polar surface area (TPSA) is 40.7 Å². The maximum Gasteiger partial charge on any atom is 0.120 e. The van der Waals surface area contributed by atoms with Crippen molar-refractivity contribution in [3.63, 3.8) is 0 Å². The highest BCUT2D eigenvalue weighted by Crippen LogP contribution is 2.17. The van der Waals surface area contributed by atoms with Gasteiger partial charge in [0.1, 0.15) is 5.82 Å². The first-order chi connectivity index (χ1) is 5.45. The number of aromatic nitrogens is 2. The van der Waals surface area contributed by atoms with Crippen LogP contribution in [0.5, 0.6) is 0 Å². The minimum Gasteiger partial charge on any atom is -0.348 e. The van der Waals surface area contributed by atoms with Crippen LogP contribution < -0.4 is 5.32 Å². The number of rotatable bonds is 3. The van der Waals surface area contributed by atoms with Gasteiger partial charge in [-0.2, -0.15) is 0 Å². The van der Waals surface area contributed by atoms with Crippen LogP contribution in [0.15, 0.2) is 12.4 Å².